The van der Waals surface area contributed by atoms with Crippen molar-refractivity contribution in [1.82, 2.24) is 9.97 Å². The minimum atomic E-state index is -0.715. The number of rotatable bonds is 5. The maximum absolute atomic E-state index is 10.0. The lowest BCUT2D eigenvalue weighted by atomic mass is 9.94. The van der Waals surface area contributed by atoms with Gasteiger partial charge in [-0.25, -0.2) is 9.97 Å². The second-order valence-electron chi connectivity index (χ2n) is 4.52. The van der Waals surface area contributed by atoms with E-state index in [9.17, 15) is 5.11 Å². The number of aliphatic hydroxyl groups is 1. The van der Waals surface area contributed by atoms with E-state index in [1.54, 1.807) is 18.5 Å². The average Bonchev–Trinajstić information content (AvgIpc) is 2.15. The molecule has 0 saturated carbocycles. The Labute approximate surface area is 90.8 Å². The predicted molar refractivity (Wildman–Crippen MR) is 60.6 cm³/mol. The number of hydrogen-bond donors (Lipinski definition) is 2. The van der Waals surface area contributed by atoms with Crippen LogP contribution in [0.2, 0.25) is 0 Å². The highest BCUT2D eigenvalue weighted by molar-refractivity contribution is 5.22. The van der Waals surface area contributed by atoms with Crippen molar-refractivity contribution in [3.63, 3.8) is 0 Å². The summed E-state index contributed by atoms with van der Waals surface area (Å²) in [4.78, 5) is 8.06. The van der Waals surface area contributed by atoms with Crippen LogP contribution in [0.15, 0.2) is 18.5 Å². The van der Waals surface area contributed by atoms with Gasteiger partial charge in [0.15, 0.2) is 0 Å². The SMILES string of the molecule is CC(C)CC(C)(O)CNc1ncccn1. The molecule has 0 fully saturated rings. The largest absolute Gasteiger partial charge is 0.388 e. The zero-order chi connectivity index (χ0) is 11.3. The van der Waals surface area contributed by atoms with Crippen LogP contribution in [0.5, 0.6) is 0 Å². The lowest BCUT2D eigenvalue weighted by molar-refractivity contribution is 0.0514. The molecule has 0 saturated heterocycles. The van der Waals surface area contributed by atoms with Gasteiger partial charge in [0, 0.05) is 18.9 Å². The molecule has 1 atom stereocenters. The summed E-state index contributed by atoms with van der Waals surface area (Å²) < 4.78 is 0. The van der Waals surface area contributed by atoms with E-state index in [1.165, 1.54) is 0 Å². The van der Waals surface area contributed by atoms with Crippen molar-refractivity contribution in [2.75, 3.05) is 11.9 Å². The van der Waals surface area contributed by atoms with Gasteiger partial charge in [-0.1, -0.05) is 13.8 Å². The summed E-state index contributed by atoms with van der Waals surface area (Å²) in [5, 5.41) is 13.0. The van der Waals surface area contributed by atoms with E-state index in [0.29, 0.717) is 18.4 Å². The van der Waals surface area contributed by atoms with Gasteiger partial charge in [-0.05, 0) is 25.3 Å². The molecule has 0 amide bonds. The van der Waals surface area contributed by atoms with Crippen molar-refractivity contribution in [2.45, 2.75) is 32.8 Å². The van der Waals surface area contributed by atoms with Crippen LogP contribution < -0.4 is 5.32 Å². The van der Waals surface area contributed by atoms with Gasteiger partial charge in [0.1, 0.15) is 0 Å². The molecule has 0 aliphatic heterocycles. The van der Waals surface area contributed by atoms with E-state index in [2.05, 4.69) is 29.1 Å². The zero-order valence-corrected chi connectivity index (χ0v) is 9.57. The fourth-order valence-electron chi connectivity index (χ4n) is 1.61. The monoisotopic (exact) mass is 209 g/mol. The lowest BCUT2D eigenvalue weighted by Crippen LogP contribution is -2.35. The van der Waals surface area contributed by atoms with Crippen LogP contribution in [-0.4, -0.2) is 27.2 Å². The van der Waals surface area contributed by atoms with Gasteiger partial charge < -0.3 is 10.4 Å². The first-order valence-corrected chi connectivity index (χ1v) is 5.23. The fourth-order valence-corrected chi connectivity index (χ4v) is 1.61. The molecule has 15 heavy (non-hydrogen) atoms. The molecule has 0 aliphatic rings. The molecule has 0 aromatic carbocycles. The lowest BCUT2D eigenvalue weighted by Gasteiger charge is -2.25. The molecule has 1 rings (SSSR count). The highest BCUT2D eigenvalue weighted by atomic mass is 16.3. The Kier molecular flexibility index (Phi) is 4.03. The quantitative estimate of drug-likeness (QED) is 0.774. The summed E-state index contributed by atoms with van der Waals surface area (Å²) in [6, 6.07) is 1.76. The van der Waals surface area contributed by atoms with Crippen molar-refractivity contribution in [2.24, 2.45) is 5.92 Å². The first-order valence-electron chi connectivity index (χ1n) is 5.23. The van der Waals surface area contributed by atoms with E-state index in [4.69, 9.17) is 0 Å². The van der Waals surface area contributed by atoms with Crippen LogP contribution in [0.4, 0.5) is 5.95 Å². The van der Waals surface area contributed by atoms with Gasteiger partial charge in [-0.15, -0.1) is 0 Å². The Balaban J connectivity index is 2.42. The number of nitrogens with one attached hydrogen (secondary N) is 1. The van der Waals surface area contributed by atoms with Crippen LogP contribution in [-0.2, 0) is 0 Å². The number of anilines is 1. The summed E-state index contributed by atoms with van der Waals surface area (Å²) in [5.41, 5.74) is -0.715. The minimum Gasteiger partial charge on any atom is -0.388 e. The fraction of sp³-hybridized carbons (Fsp3) is 0.636. The standard InChI is InChI=1S/C11H19N3O/c1-9(2)7-11(3,15)8-14-10-12-5-4-6-13-10/h4-6,9,15H,7-8H2,1-3H3,(H,12,13,14). The van der Waals surface area contributed by atoms with E-state index >= 15 is 0 Å². The number of hydrogen-bond acceptors (Lipinski definition) is 4. The predicted octanol–water partition coefficient (Wildman–Crippen LogP) is 1.69. The molecule has 0 bridgehead atoms. The van der Waals surface area contributed by atoms with E-state index < -0.39 is 5.60 Å². The Morgan fingerprint density at radius 3 is 2.53 bits per heavy atom. The van der Waals surface area contributed by atoms with Crippen LogP contribution >= 0.6 is 0 Å². The van der Waals surface area contributed by atoms with Crippen LogP contribution in [0.25, 0.3) is 0 Å². The molecular formula is C11H19N3O. The minimum absolute atomic E-state index is 0.467. The number of nitrogens with zero attached hydrogens (tertiary/aromatic N) is 2. The molecule has 0 spiro atoms. The molecule has 1 unspecified atom stereocenters. The van der Waals surface area contributed by atoms with E-state index in [-0.39, 0.29) is 0 Å². The van der Waals surface area contributed by atoms with Gasteiger partial charge in [0.2, 0.25) is 5.95 Å². The normalized spacial score (nSPS) is 15.0. The van der Waals surface area contributed by atoms with Crippen LogP contribution in [0.3, 0.4) is 0 Å². The van der Waals surface area contributed by atoms with Crippen LogP contribution in [0.1, 0.15) is 27.2 Å². The first-order chi connectivity index (χ1) is 6.99. The highest BCUT2D eigenvalue weighted by Gasteiger charge is 2.21. The van der Waals surface area contributed by atoms with Gasteiger partial charge >= 0.3 is 0 Å². The third-order valence-corrected chi connectivity index (χ3v) is 2.04. The average molecular weight is 209 g/mol. The molecule has 0 radical (unpaired) electrons. The third-order valence-electron chi connectivity index (χ3n) is 2.04. The smallest absolute Gasteiger partial charge is 0.222 e. The topological polar surface area (TPSA) is 58.0 Å². The molecule has 1 heterocycles. The van der Waals surface area contributed by atoms with Crippen molar-refractivity contribution in [3.8, 4) is 0 Å². The molecule has 0 aliphatic carbocycles. The van der Waals surface area contributed by atoms with Gasteiger partial charge in [-0.3, -0.25) is 0 Å². The van der Waals surface area contributed by atoms with Gasteiger partial charge in [0.25, 0.3) is 0 Å². The van der Waals surface area contributed by atoms with Crippen LogP contribution in [0, 0.1) is 5.92 Å². The van der Waals surface area contributed by atoms with Gasteiger partial charge in [-0.2, -0.15) is 0 Å². The Morgan fingerprint density at radius 2 is 2.00 bits per heavy atom. The van der Waals surface area contributed by atoms with E-state index in [1.807, 2.05) is 6.92 Å². The summed E-state index contributed by atoms with van der Waals surface area (Å²) in [5.74, 6) is 1.03. The van der Waals surface area contributed by atoms with E-state index in [0.717, 1.165) is 6.42 Å². The maximum Gasteiger partial charge on any atom is 0.222 e. The first kappa shape index (κ1) is 11.9. The zero-order valence-electron chi connectivity index (χ0n) is 9.57. The maximum atomic E-state index is 10.0. The summed E-state index contributed by atoms with van der Waals surface area (Å²) in [7, 11) is 0. The molecule has 1 aromatic heterocycles. The van der Waals surface area contributed by atoms with Crippen molar-refractivity contribution < 1.29 is 5.11 Å². The molecule has 1 aromatic rings. The molecular weight excluding hydrogens is 190 g/mol. The molecule has 4 heteroatoms. The summed E-state index contributed by atoms with van der Waals surface area (Å²) >= 11 is 0. The molecule has 2 N–H and O–H groups in total. The Bertz CT molecular complexity index is 285. The second-order valence-corrected chi connectivity index (χ2v) is 4.52. The summed E-state index contributed by atoms with van der Waals surface area (Å²) in [6.07, 6.45) is 4.10. The summed E-state index contributed by atoms with van der Waals surface area (Å²) in [6.45, 7) is 6.47. The third kappa shape index (κ3) is 4.74. The molecule has 84 valence electrons. The van der Waals surface area contributed by atoms with Crippen molar-refractivity contribution >= 4 is 5.95 Å². The molecule has 4 nitrogen and oxygen atoms in total. The van der Waals surface area contributed by atoms with Crippen molar-refractivity contribution in [3.05, 3.63) is 18.5 Å². The van der Waals surface area contributed by atoms with Gasteiger partial charge in [0.05, 0.1) is 5.60 Å². The Hall–Kier alpha value is -1.16. The second kappa shape index (κ2) is 5.07. The highest BCUT2D eigenvalue weighted by Crippen LogP contribution is 2.16. The van der Waals surface area contributed by atoms with Crippen molar-refractivity contribution in [1.29, 1.82) is 0 Å². The Morgan fingerprint density at radius 1 is 1.40 bits per heavy atom. The number of aromatic nitrogens is 2.